The fraction of sp³-hybridized carbons (Fsp3) is 0.0833. The average molecular weight is 554 g/mol. The maximum absolute atomic E-state index is 13.2. The molecule has 0 spiro atoms. The predicted molar refractivity (Wildman–Crippen MR) is 133 cm³/mol. The normalized spacial score (nSPS) is 15.9. The lowest BCUT2D eigenvalue weighted by molar-refractivity contribution is -0.117. The number of Topliss-reactive ketones (excluding diaryl/α,β-unsaturated/α-hetero) is 1. The van der Waals surface area contributed by atoms with Crippen molar-refractivity contribution < 1.29 is 19.1 Å². The summed E-state index contributed by atoms with van der Waals surface area (Å²) in [4.78, 5) is 27.8. The molecule has 2 aromatic carbocycles. The zero-order valence-corrected chi connectivity index (χ0v) is 20.6. The molecule has 0 aliphatic carbocycles. The van der Waals surface area contributed by atoms with Gasteiger partial charge in [0.15, 0.2) is 15.9 Å². The zero-order chi connectivity index (χ0) is 23.7. The highest BCUT2D eigenvalue weighted by Gasteiger charge is 2.46. The van der Waals surface area contributed by atoms with E-state index in [1.807, 2.05) is 36.4 Å². The van der Waals surface area contributed by atoms with Gasteiger partial charge in [-0.1, -0.05) is 81.5 Å². The molecule has 1 aliphatic rings. The summed E-state index contributed by atoms with van der Waals surface area (Å²) in [6.45, 7) is 0. The first-order valence-electron chi connectivity index (χ1n) is 10.1. The Labute approximate surface area is 211 Å². The van der Waals surface area contributed by atoms with Crippen molar-refractivity contribution in [1.29, 1.82) is 0 Å². The van der Waals surface area contributed by atoms with Crippen molar-refractivity contribution >= 4 is 55.9 Å². The first-order valence-corrected chi connectivity index (χ1v) is 12.7. The first-order chi connectivity index (χ1) is 16.5. The van der Waals surface area contributed by atoms with Gasteiger partial charge in [-0.2, -0.15) is 0 Å². The van der Waals surface area contributed by atoms with Crippen LogP contribution in [0.15, 0.2) is 97.6 Å². The SMILES string of the molecule is O=C(C1=C(O)C(=O)N(c2nnc(SCc3ccccc3)s2)C1c1cccc(Br)c1)c1ccco1. The fourth-order valence-corrected chi connectivity index (χ4v) is 5.88. The van der Waals surface area contributed by atoms with E-state index >= 15 is 0 Å². The third kappa shape index (κ3) is 4.31. The number of ketones is 1. The third-order valence-electron chi connectivity index (χ3n) is 5.17. The monoisotopic (exact) mass is 553 g/mol. The molecule has 1 N–H and O–H groups in total. The number of rotatable bonds is 7. The van der Waals surface area contributed by atoms with Gasteiger partial charge in [0.2, 0.25) is 10.9 Å². The van der Waals surface area contributed by atoms with E-state index in [0.717, 1.165) is 10.0 Å². The van der Waals surface area contributed by atoms with E-state index < -0.39 is 23.5 Å². The molecule has 10 heteroatoms. The Morgan fingerprint density at radius 3 is 2.68 bits per heavy atom. The van der Waals surface area contributed by atoms with Crippen LogP contribution in [-0.4, -0.2) is 27.0 Å². The quantitative estimate of drug-likeness (QED) is 0.171. The lowest BCUT2D eigenvalue weighted by Gasteiger charge is -2.24. The Morgan fingerprint density at radius 2 is 1.94 bits per heavy atom. The Morgan fingerprint density at radius 1 is 1.12 bits per heavy atom. The second-order valence-electron chi connectivity index (χ2n) is 7.33. The molecule has 7 nitrogen and oxygen atoms in total. The van der Waals surface area contributed by atoms with E-state index in [1.54, 1.807) is 24.3 Å². The summed E-state index contributed by atoms with van der Waals surface area (Å²) in [6, 6.07) is 19.4. The van der Waals surface area contributed by atoms with Crippen LogP contribution in [0.25, 0.3) is 0 Å². The average Bonchev–Trinajstić information content (AvgIpc) is 3.59. The minimum atomic E-state index is -0.887. The molecule has 170 valence electrons. The van der Waals surface area contributed by atoms with E-state index in [4.69, 9.17) is 4.42 Å². The Bertz CT molecular complexity index is 1390. The standard InChI is InChI=1S/C24H16BrN3O4S2/c25-16-9-4-8-15(12-16)19-18(20(29)17-10-5-11-32-17)21(30)22(31)28(19)23-26-27-24(34-23)33-13-14-6-2-1-3-7-14/h1-12,19,30H,13H2. The molecule has 34 heavy (non-hydrogen) atoms. The van der Waals surface area contributed by atoms with Gasteiger partial charge in [0.05, 0.1) is 17.9 Å². The summed E-state index contributed by atoms with van der Waals surface area (Å²) < 4.78 is 6.70. The van der Waals surface area contributed by atoms with Gasteiger partial charge < -0.3 is 9.52 Å². The van der Waals surface area contributed by atoms with Gasteiger partial charge in [-0.25, -0.2) is 0 Å². The molecule has 0 radical (unpaired) electrons. The number of amides is 1. The Balaban J connectivity index is 1.51. The van der Waals surface area contributed by atoms with Gasteiger partial charge >= 0.3 is 0 Å². The number of thioether (sulfide) groups is 1. The van der Waals surface area contributed by atoms with Gasteiger partial charge in [0, 0.05) is 10.2 Å². The topological polar surface area (TPSA) is 96.5 Å². The van der Waals surface area contributed by atoms with Crippen LogP contribution in [0.3, 0.4) is 0 Å². The van der Waals surface area contributed by atoms with Crippen molar-refractivity contribution in [3.63, 3.8) is 0 Å². The molecule has 0 saturated heterocycles. The van der Waals surface area contributed by atoms with Gasteiger partial charge in [-0.3, -0.25) is 14.5 Å². The highest BCUT2D eigenvalue weighted by Crippen LogP contribution is 2.44. The number of nitrogens with zero attached hydrogens (tertiary/aromatic N) is 3. The van der Waals surface area contributed by atoms with E-state index in [1.165, 1.54) is 40.3 Å². The van der Waals surface area contributed by atoms with Crippen LogP contribution in [0.5, 0.6) is 0 Å². The first kappa shape index (κ1) is 22.6. The lowest BCUT2D eigenvalue weighted by Crippen LogP contribution is -2.31. The number of anilines is 1. The van der Waals surface area contributed by atoms with Crippen molar-refractivity contribution in [2.45, 2.75) is 16.1 Å². The van der Waals surface area contributed by atoms with E-state index in [0.29, 0.717) is 20.8 Å². The number of carbonyl (C=O) groups is 2. The van der Waals surface area contributed by atoms with Gasteiger partial charge in [0.25, 0.3) is 5.91 Å². The zero-order valence-electron chi connectivity index (χ0n) is 17.4. The summed E-state index contributed by atoms with van der Waals surface area (Å²) in [7, 11) is 0. The van der Waals surface area contributed by atoms with Crippen LogP contribution >= 0.6 is 39.0 Å². The largest absolute Gasteiger partial charge is 0.503 e. The number of aliphatic hydroxyl groups excluding tert-OH is 1. The fourth-order valence-electron chi connectivity index (χ4n) is 3.64. The van der Waals surface area contributed by atoms with E-state index in [2.05, 4.69) is 26.1 Å². The number of furan rings is 1. The summed E-state index contributed by atoms with van der Waals surface area (Å²) in [5, 5.41) is 19.5. The maximum atomic E-state index is 13.2. The number of halogens is 1. The van der Waals surface area contributed by atoms with Crippen molar-refractivity contribution in [3.05, 3.63) is 106 Å². The van der Waals surface area contributed by atoms with Crippen LogP contribution in [0.4, 0.5) is 5.13 Å². The van der Waals surface area contributed by atoms with Crippen molar-refractivity contribution in [2.24, 2.45) is 0 Å². The summed E-state index contributed by atoms with van der Waals surface area (Å²) in [5.41, 5.74) is 1.71. The minimum Gasteiger partial charge on any atom is -0.503 e. The van der Waals surface area contributed by atoms with Gasteiger partial charge in [-0.15, -0.1) is 10.2 Å². The second kappa shape index (κ2) is 9.57. The van der Waals surface area contributed by atoms with E-state index in [-0.39, 0.29) is 11.3 Å². The summed E-state index contributed by atoms with van der Waals surface area (Å²) in [6.07, 6.45) is 1.37. The molecule has 1 unspecified atom stereocenters. The number of aliphatic hydroxyl groups is 1. The lowest BCUT2D eigenvalue weighted by atomic mass is 9.95. The molecule has 0 saturated carbocycles. The molecule has 5 rings (SSSR count). The van der Waals surface area contributed by atoms with Crippen LogP contribution in [0, 0.1) is 0 Å². The molecule has 2 aromatic heterocycles. The van der Waals surface area contributed by atoms with Crippen LogP contribution in [0.2, 0.25) is 0 Å². The molecule has 1 amide bonds. The molecule has 1 atom stereocenters. The second-order valence-corrected chi connectivity index (χ2v) is 10.4. The van der Waals surface area contributed by atoms with Crippen molar-refractivity contribution in [3.8, 4) is 0 Å². The van der Waals surface area contributed by atoms with Crippen LogP contribution in [0.1, 0.15) is 27.7 Å². The molecule has 0 fully saturated rings. The molecule has 4 aromatic rings. The highest BCUT2D eigenvalue weighted by molar-refractivity contribution is 9.10. The molecule has 0 bridgehead atoms. The number of carbonyl (C=O) groups excluding carboxylic acids is 2. The van der Waals surface area contributed by atoms with E-state index in [9.17, 15) is 14.7 Å². The van der Waals surface area contributed by atoms with Crippen molar-refractivity contribution in [2.75, 3.05) is 4.90 Å². The third-order valence-corrected chi connectivity index (χ3v) is 7.79. The Kier molecular flexibility index (Phi) is 6.36. The van der Waals surface area contributed by atoms with Crippen LogP contribution in [-0.2, 0) is 10.5 Å². The summed E-state index contributed by atoms with van der Waals surface area (Å²) >= 11 is 6.18. The smallest absolute Gasteiger partial charge is 0.296 e. The van der Waals surface area contributed by atoms with Gasteiger partial charge in [0.1, 0.15) is 0 Å². The van der Waals surface area contributed by atoms with Gasteiger partial charge in [-0.05, 0) is 35.4 Å². The molecule has 1 aliphatic heterocycles. The molecular weight excluding hydrogens is 538 g/mol. The summed E-state index contributed by atoms with van der Waals surface area (Å²) in [5.74, 6) is -1.17. The predicted octanol–water partition coefficient (Wildman–Crippen LogP) is 5.97. The molecular formula is C24H16BrN3O4S2. The number of hydrogen-bond acceptors (Lipinski definition) is 8. The number of aromatic nitrogens is 2. The van der Waals surface area contributed by atoms with Crippen molar-refractivity contribution in [1.82, 2.24) is 10.2 Å². The minimum absolute atomic E-state index is 0.0348. The number of benzene rings is 2. The van der Waals surface area contributed by atoms with Crippen LogP contribution < -0.4 is 4.90 Å². The number of hydrogen-bond donors (Lipinski definition) is 1. The Hall–Kier alpha value is -3.21. The molecule has 3 heterocycles. The maximum Gasteiger partial charge on any atom is 0.296 e. The highest BCUT2D eigenvalue weighted by atomic mass is 79.9.